The van der Waals surface area contributed by atoms with Gasteiger partial charge >= 0.3 is 5.97 Å². The second-order valence-corrected chi connectivity index (χ2v) is 6.62. The number of fused-ring (bicyclic) bond motifs is 2. The summed E-state index contributed by atoms with van der Waals surface area (Å²) in [5.74, 6) is -0.357. The quantitative estimate of drug-likeness (QED) is 0.233. The number of ether oxygens (including phenoxy) is 1. The summed E-state index contributed by atoms with van der Waals surface area (Å²) < 4.78 is 5.40. The fourth-order valence-corrected chi connectivity index (χ4v) is 3.33. The van der Waals surface area contributed by atoms with Crippen LogP contribution in [0.2, 0.25) is 0 Å². The van der Waals surface area contributed by atoms with E-state index in [0.717, 1.165) is 38.2 Å². The van der Waals surface area contributed by atoms with Crippen molar-refractivity contribution >= 4 is 39.7 Å². The van der Waals surface area contributed by atoms with E-state index in [2.05, 4.69) is 36.9 Å². The third-order valence-electron chi connectivity index (χ3n) is 4.80. The first-order valence-corrected chi connectivity index (χ1v) is 9.21. The lowest BCUT2D eigenvalue weighted by Gasteiger charge is -2.08. The molecule has 0 saturated carbocycles. The van der Waals surface area contributed by atoms with Crippen molar-refractivity contribution in [1.82, 2.24) is 0 Å². The molecule has 0 aromatic heterocycles. The fourth-order valence-electron chi connectivity index (χ4n) is 3.33. The van der Waals surface area contributed by atoms with Gasteiger partial charge in [0.05, 0.1) is 0 Å². The maximum Gasteiger partial charge on any atom is 0.331 e. The Morgan fingerprint density at radius 3 is 2.07 bits per heavy atom. The van der Waals surface area contributed by atoms with Crippen molar-refractivity contribution in [3.05, 3.63) is 108 Å². The SMILES string of the molecule is C=Cc1ccc(COC(=O)/C=C/c2c3ccccc3cc3ccccc23)cc1. The predicted octanol–water partition coefficient (Wildman–Crippen LogP) is 6.39. The molecule has 0 N–H and O–H groups in total. The summed E-state index contributed by atoms with van der Waals surface area (Å²) in [5, 5.41) is 4.53. The van der Waals surface area contributed by atoms with Gasteiger partial charge < -0.3 is 4.74 Å². The average Bonchev–Trinajstić information content (AvgIpc) is 2.75. The lowest BCUT2D eigenvalue weighted by molar-refractivity contribution is -0.138. The van der Waals surface area contributed by atoms with Crippen LogP contribution >= 0.6 is 0 Å². The van der Waals surface area contributed by atoms with E-state index in [4.69, 9.17) is 4.74 Å². The zero-order valence-electron chi connectivity index (χ0n) is 15.5. The molecule has 0 amide bonds. The van der Waals surface area contributed by atoms with Gasteiger partial charge in [-0.2, -0.15) is 0 Å². The molecule has 4 aromatic rings. The van der Waals surface area contributed by atoms with Crippen LogP contribution < -0.4 is 0 Å². The molecule has 0 saturated heterocycles. The molecule has 4 aromatic carbocycles. The highest BCUT2D eigenvalue weighted by molar-refractivity contribution is 6.08. The minimum Gasteiger partial charge on any atom is -0.458 e. The van der Waals surface area contributed by atoms with Crippen LogP contribution in [-0.4, -0.2) is 5.97 Å². The zero-order chi connectivity index (χ0) is 19.3. The van der Waals surface area contributed by atoms with E-state index >= 15 is 0 Å². The van der Waals surface area contributed by atoms with Gasteiger partial charge in [-0.3, -0.25) is 0 Å². The molecule has 0 atom stereocenters. The molecule has 4 rings (SSSR count). The highest BCUT2D eigenvalue weighted by Gasteiger charge is 2.06. The molecule has 0 spiro atoms. The van der Waals surface area contributed by atoms with Gasteiger partial charge in [-0.05, 0) is 50.4 Å². The van der Waals surface area contributed by atoms with Gasteiger partial charge in [0.15, 0.2) is 0 Å². The first-order valence-electron chi connectivity index (χ1n) is 9.21. The Balaban J connectivity index is 1.58. The van der Waals surface area contributed by atoms with E-state index in [1.165, 1.54) is 6.08 Å². The number of benzene rings is 4. The highest BCUT2D eigenvalue weighted by Crippen LogP contribution is 2.29. The van der Waals surface area contributed by atoms with Crippen molar-refractivity contribution < 1.29 is 9.53 Å². The monoisotopic (exact) mass is 364 g/mol. The van der Waals surface area contributed by atoms with E-state index < -0.39 is 0 Å². The highest BCUT2D eigenvalue weighted by atomic mass is 16.5. The third-order valence-corrected chi connectivity index (χ3v) is 4.80. The smallest absolute Gasteiger partial charge is 0.331 e. The standard InChI is InChI=1S/C26H20O2/c1-2-19-11-13-20(14-12-19)18-28-26(27)16-15-25-23-9-5-3-7-21(23)17-22-8-4-6-10-24(22)25/h2-17H,1,18H2/b16-15+. The molecule has 0 aliphatic heterocycles. The van der Waals surface area contributed by atoms with E-state index in [1.54, 1.807) is 6.08 Å². The molecule has 28 heavy (non-hydrogen) atoms. The van der Waals surface area contributed by atoms with Gasteiger partial charge in [0.25, 0.3) is 0 Å². The van der Waals surface area contributed by atoms with Gasteiger partial charge in [-0.25, -0.2) is 4.79 Å². The van der Waals surface area contributed by atoms with Crippen molar-refractivity contribution in [2.45, 2.75) is 6.61 Å². The number of esters is 1. The van der Waals surface area contributed by atoms with Gasteiger partial charge in [-0.15, -0.1) is 0 Å². The van der Waals surface area contributed by atoms with E-state index in [-0.39, 0.29) is 12.6 Å². The summed E-state index contributed by atoms with van der Waals surface area (Å²) in [5.41, 5.74) is 3.02. The molecule has 0 bridgehead atoms. The van der Waals surface area contributed by atoms with Crippen molar-refractivity contribution in [3.8, 4) is 0 Å². The summed E-state index contributed by atoms with van der Waals surface area (Å²) in [6.07, 6.45) is 5.15. The Morgan fingerprint density at radius 2 is 1.46 bits per heavy atom. The van der Waals surface area contributed by atoms with Crippen LogP contribution in [0, 0.1) is 0 Å². The van der Waals surface area contributed by atoms with Crippen LogP contribution in [0.4, 0.5) is 0 Å². The molecular weight excluding hydrogens is 344 g/mol. The summed E-state index contributed by atoms with van der Waals surface area (Å²) in [6, 6.07) is 26.4. The summed E-state index contributed by atoms with van der Waals surface area (Å²) in [7, 11) is 0. The molecule has 0 radical (unpaired) electrons. The first-order chi connectivity index (χ1) is 13.7. The van der Waals surface area contributed by atoms with Crippen LogP contribution in [0.5, 0.6) is 0 Å². The number of carbonyl (C=O) groups is 1. The largest absolute Gasteiger partial charge is 0.458 e. The lowest BCUT2D eigenvalue weighted by Crippen LogP contribution is -2.00. The van der Waals surface area contributed by atoms with Crippen molar-refractivity contribution in [2.24, 2.45) is 0 Å². The molecule has 0 aliphatic rings. The molecule has 0 aliphatic carbocycles. The summed E-state index contributed by atoms with van der Waals surface area (Å²) in [4.78, 5) is 12.3. The van der Waals surface area contributed by atoms with Crippen LogP contribution in [-0.2, 0) is 16.1 Å². The normalized spacial score (nSPS) is 11.1. The van der Waals surface area contributed by atoms with Gasteiger partial charge in [0.2, 0.25) is 0 Å². The third kappa shape index (κ3) is 3.72. The molecule has 136 valence electrons. The maximum atomic E-state index is 12.3. The number of hydrogen-bond acceptors (Lipinski definition) is 2. The molecular formula is C26H20O2. The Labute approximate surface area is 164 Å². The van der Waals surface area contributed by atoms with Crippen LogP contribution in [0.25, 0.3) is 33.7 Å². The molecule has 2 nitrogen and oxygen atoms in total. The molecule has 2 heteroatoms. The molecule has 0 unspecified atom stereocenters. The fraction of sp³-hybridized carbons (Fsp3) is 0.0385. The van der Waals surface area contributed by atoms with Crippen molar-refractivity contribution in [1.29, 1.82) is 0 Å². The van der Waals surface area contributed by atoms with Crippen molar-refractivity contribution in [2.75, 3.05) is 0 Å². The lowest BCUT2D eigenvalue weighted by atomic mass is 9.96. The van der Waals surface area contributed by atoms with Crippen LogP contribution in [0.3, 0.4) is 0 Å². The van der Waals surface area contributed by atoms with Crippen LogP contribution in [0.1, 0.15) is 16.7 Å². The molecule has 0 heterocycles. The minimum atomic E-state index is -0.357. The molecule has 0 fully saturated rings. The van der Waals surface area contributed by atoms with E-state index in [9.17, 15) is 4.79 Å². The maximum absolute atomic E-state index is 12.3. The van der Waals surface area contributed by atoms with Gasteiger partial charge in [-0.1, -0.05) is 85.5 Å². The van der Waals surface area contributed by atoms with Crippen LogP contribution in [0.15, 0.2) is 91.5 Å². The Morgan fingerprint density at radius 1 is 0.857 bits per heavy atom. The average molecular weight is 364 g/mol. The predicted molar refractivity (Wildman–Crippen MR) is 117 cm³/mol. The Bertz CT molecular complexity index is 1130. The van der Waals surface area contributed by atoms with Crippen molar-refractivity contribution in [3.63, 3.8) is 0 Å². The first kappa shape index (κ1) is 17.7. The summed E-state index contributed by atoms with van der Waals surface area (Å²) >= 11 is 0. The minimum absolute atomic E-state index is 0.247. The van der Waals surface area contributed by atoms with E-state index in [0.29, 0.717) is 0 Å². The second kappa shape index (κ2) is 7.93. The van der Waals surface area contributed by atoms with Gasteiger partial charge in [0.1, 0.15) is 6.61 Å². The second-order valence-electron chi connectivity index (χ2n) is 6.62. The van der Waals surface area contributed by atoms with E-state index in [1.807, 2.05) is 54.6 Å². The number of hydrogen-bond donors (Lipinski definition) is 0. The zero-order valence-corrected chi connectivity index (χ0v) is 15.5. The number of carbonyl (C=O) groups excluding carboxylic acids is 1. The Hall–Kier alpha value is -3.65. The topological polar surface area (TPSA) is 26.3 Å². The Kier molecular flexibility index (Phi) is 5.03. The van der Waals surface area contributed by atoms with Gasteiger partial charge in [0, 0.05) is 6.08 Å². The summed E-state index contributed by atoms with van der Waals surface area (Å²) in [6.45, 7) is 3.98. The number of rotatable bonds is 5.